The molecule has 0 radical (unpaired) electrons. The maximum atomic E-state index is 11.6. The highest BCUT2D eigenvalue weighted by Crippen LogP contribution is 1.97. The standard InChI is InChI=1S/C11H22N2O5/c1-9(3-4-10(15)16)12-11(17)13(2)5-7-18-8-6-14/h9,14H,3-8H2,1-2H3,(H,12,17)(H,15,16). The summed E-state index contributed by atoms with van der Waals surface area (Å²) in [5.41, 5.74) is 0. The zero-order valence-electron chi connectivity index (χ0n) is 10.9. The normalized spacial score (nSPS) is 11.9. The lowest BCUT2D eigenvalue weighted by Crippen LogP contribution is -2.43. The number of carbonyl (C=O) groups is 2. The summed E-state index contributed by atoms with van der Waals surface area (Å²) in [7, 11) is 1.63. The van der Waals surface area contributed by atoms with Crippen molar-refractivity contribution in [3.05, 3.63) is 0 Å². The first-order valence-corrected chi connectivity index (χ1v) is 5.89. The molecule has 1 atom stereocenters. The van der Waals surface area contributed by atoms with Crippen molar-refractivity contribution in [1.29, 1.82) is 0 Å². The van der Waals surface area contributed by atoms with Crippen molar-refractivity contribution in [3.63, 3.8) is 0 Å². The molecule has 2 amide bonds. The Balaban J connectivity index is 3.75. The van der Waals surface area contributed by atoms with Crippen molar-refractivity contribution >= 4 is 12.0 Å². The van der Waals surface area contributed by atoms with E-state index in [1.165, 1.54) is 4.90 Å². The van der Waals surface area contributed by atoms with Crippen LogP contribution in [-0.4, -0.2) is 66.6 Å². The Hall–Kier alpha value is -1.34. The number of aliphatic hydroxyl groups excluding tert-OH is 1. The first-order chi connectivity index (χ1) is 8.47. The van der Waals surface area contributed by atoms with E-state index in [1.54, 1.807) is 14.0 Å². The molecule has 7 nitrogen and oxygen atoms in total. The van der Waals surface area contributed by atoms with Crippen LogP contribution < -0.4 is 5.32 Å². The number of urea groups is 1. The number of nitrogens with one attached hydrogen (secondary N) is 1. The molecule has 0 heterocycles. The van der Waals surface area contributed by atoms with Gasteiger partial charge in [0.1, 0.15) is 0 Å². The minimum Gasteiger partial charge on any atom is -0.481 e. The van der Waals surface area contributed by atoms with Crippen LogP contribution >= 0.6 is 0 Å². The topological polar surface area (TPSA) is 99.1 Å². The molecule has 0 aliphatic carbocycles. The van der Waals surface area contributed by atoms with E-state index in [4.69, 9.17) is 14.9 Å². The summed E-state index contributed by atoms with van der Waals surface area (Å²) in [4.78, 5) is 23.4. The van der Waals surface area contributed by atoms with Crippen LogP contribution in [0, 0.1) is 0 Å². The second kappa shape index (κ2) is 9.67. The largest absolute Gasteiger partial charge is 0.481 e. The Morgan fingerprint density at radius 2 is 2.06 bits per heavy atom. The van der Waals surface area contributed by atoms with Crippen molar-refractivity contribution in [2.75, 3.05) is 33.4 Å². The molecule has 7 heteroatoms. The van der Waals surface area contributed by atoms with E-state index >= 15 is 0 Å². The minimum atomic E-state index is -0.873. The molecule has 106 valence electrons. The van der Waals surface area contributed by atoms with E-state index in [0.29, 0.717) is 19.6 Å². The third-order valence-electron chi connectivity index (χ3n) is 2.31. The van der Waals surface area contributed by atoms with Gasteiger partial charge in [0, 0.05) is 26.1 Å². The highest BCUT2D eigenvalue weighted by atomic mass is 16.5. The number of carbonyl (C=O) groups excluding carboxylic acids is 1. The van der Waals surface area contributed by atoms with E-state index in [-0.39, 0.29) is 31.7 Å². The summed E-state index contributed by atoms with van der Waals surface area (Å²) in [6.45, 7) is 2.75. The fourth-order valence-electron chi connectivity index (χ4n) is 1.20. The summed E-state index contributed by atoms with van der Waals surface area (Å²) < 4.78 is 5.04. The highest BCUT2D eigenvalue weighted by Gasteiger charge is 2.12. The van der Waals surface area contributed by atoms with Crippen molar-refractivity contribution in [2.24, 2.45) is 0 Å². The molecule has 18 heavy (non-hydrogen) atoms. The summed E-state index contributed by atoms with van der Waals surface area (Å²) >= 11 is 0. The molecule has 0 saturated carbocycles. The second-order valence-corrected chi connectivity index (χ2v) is 4.04. The number of carboxylic acid groups (broad SMARTS) is 1. The fraction of sp³-hybridized carbons (Fsp3) is 0.818. The van der Waals surface area contributed by atoms with Crippen molar-refractivity contribution in [2.45, 2.75) is 25.8 Å². The highest BCUT2D eigenvalue weighted by molar-refractivity contribution is 5.74. The molecular formula is C11H22N2O5. The Morgan fingerprint density at radius 1 is 1.39 bits per heavy atom. The summed E-state index contributed by atoms with van der Waals surface area (Å²) in [6.07, 6.45) is 0.431. The Labute approximate surface area is 107 Å². The number of aliphatic carboxylic acids is 1. The lowest BCUT2D eigenvalue weighted by molar-refractivity contribution is -0.137. The number of aliphatic hydroxyl groups is 1. The van der Waals surface area contributed by atoms with Crippen molar-refractivity contribution in [1.82, 2.24) is 10.2 Å². The molecule has 0 aromatic rings. The van der Waals surface area contributed by atoms with Gasteiger partial charge in [0.15, 0.2) is 0 Å². The number of nitrogens with zero attached hydrogens (tertiary/aromatic N) is 1. The third-order valence-corrected chi connectivity index (χ3v) is 2.31. The van der Waals surface area contributed by atoms with E-state index in [1.807, 2.05) is 0 Å². The van der Waals surface area contributed by atoms with Gasteiger partial charge in [0.05, 0.1) is 19.8 Å². The maximum Gasteiger partial charge on any atom is 0.317 e. The van der Waals surface area contributed by atoms with E-state index in [0.717, 1.165) is 0 Å². The third kappa shape index (κ3) is 8.77. The number of rotatable bonds is 9. The van der Waals surface area contributed by atoms with Crippen LogP contribution in [0.1, 0.15) is 19.8 Å². The fourth-order valence-corrected chi connectivity index (χ4v) is 1.20. The molecular weight excluding hydrogens is 240 g/mol. The summed E-state index contributed by atoms with van der Waals surface area (Å²) in [5.74, 6) is -0.873. The van der Waals surface area contributed by atoms with Crippen LogP contribution in [0.2, 0.25) is 0 Å². The monoisotopic (exact) mass is 262 g/mol. The molecule has 3 N–H and O–H groups in total. The number of carboxylic acids is 1. The van der Waals surface area contributed by atoms with Gasteiger partial charge in [-0.15, -0.1) is 0 Å². The Bertz CT molecular complexity index is 260. The predicted molar refractivity (Wildman–Crippen MR) is 65.4 cm³/mol. The molecule has 1 unspecified atom stereocenters. The van der Waals surface area contributed by atoms with Gasteiger partial charge in [-0.3, -0.25) is 4.79 Å². The van der Waals surface area contributed by atoms with Crippen LogP contribution in [0.3, 0.4) is 0 Å². The molecule has 0 saturated heterocycles. The van der Waals surface area contributed by atoms with Gasteiger partial charge in [0.2, 0.25) is 0 Å². The average molecular weight is 262 g/mol. The summed E-state index contributed by atoms with van der Waals surface area (Å²) in [5, 5.41) is 19.7. The molecule has 0 aliphatic heterocycles. The van der Waals surface area contributed by atoms with E-state index in [9.17, 15) is 9.59 Å². The van der Waals surface area contributed by atoms with Gasteiger partial charge in [0.25, 0.3) is 0 Å². The second-order valence-electron chi connectivity index (χ2n) is 4.04. The summed E-state index contributed by atoms with van der Waals surface area (Å²) in [6, 6.07) is -0.449. The van der Waals surface area contributed by atoms with Crippen LogP contribution in [-0.2, 0) is 9.53 Å². The zero-order chi connectivity index (χ0) is 14.0. The van der Waals surface area contributed by atoms with Crippen molar-refractivity contribution < 1.29 is 24.5 Å². The molecule has 0 rings (SSSR count). The van der Waals surface area contributed by atoms with Gasteiger partial charge in [-0.1, -0.05) is 0 Å². The molecule has 0 bridgehead atoms. The lowest BCUT2D eigenvalue weighted by atomic mass is 10.2. The number of hydrogen-bond acceptors (Lipinski definition) is 4. The average Bonchev–Trinajstić information content (AvgIpc) is 2.31. The van der Waals surface area contributed by atoms with E-state index in [2.05, 4.69) is 5.32 Å². The van der Waals surface area contributed by atoms with Gasteiger partial charge in [-0.05, 0) is 13.3 Å². The van der Waals surface area contributed by atoms with Crippen LogP contribution in [0.15, 0.2) is 0 Å². The number of likely N-dealkylation sites (N-methyl/N-ethyl adjacent to an activating group) is 1. The maximum absolute atomic E-state index is 11.6. The molecule has 0 aromatic carbocycles. The van der Waals surface area contributed by atoms with Crippen LogP contribution in [0.25, 0.3) is 0 Å². The SMILES string of the molecule is CC(CCC(=O)O)NC(=O)N(C)CCOCCO. The zero-order valence-corrected chi connectivity index (χ0v) is 10.9. The van der Waals surface area contributed by atoms with Crippen LogP contribution in [0.5, 0.6) is 0 Å². The first-order valence-electron chi connectivity index (χ1n) is 5.89. The molecule has 0 spiro atoms. The first kappa shape index (κ1) is 16.7. The number of amides is 2. The predicted octanol–water partition coefficient (Wildman–Crippen LogP) is -0.110. The Kier molecular flexibility index (Phi) is 8.95. The minimum absolute atomic E-state index is 0.0325. The van der Waals surface area contributed by atoms with Gasteiger partial charge < -0.3 is 25.2 Å². The van der Waals surface area contributed by atoms with Gasteiger partial charge in [-0.25, -0.2) is 4.79 Å². The van der Waals surface area contributed by atoms with E-state index < -0.39 is 5.97 Å². The Morgan fingerprint density at radius 3 is 2.61 bits per heavy atom. The lowest BCUT2D eigenvalue weighted by Gasteiger charge is -2.21. The smallest absolute Gasteiger partial charge is 0.317 e. The van der Waals surface area contributed by atoms with Crippen LogP contribution in [0.4, 0.5) is 4.79 Å². The van der Waals surface area contributed by atoms with Gasteiger partial charge >= 0.3 is 12.0 Å². The van der Waals surface area contributed by atoms with Crippen molar-refractivity contribution in [3.8, 4) is 0 Å². The number of ether oxygens (including phenoxy) is 1. The molecule has 0 aliphatic rings. The number of hydrogen-bond donors (Lipinski definition) is 3. The molecule has 0 fully saturated rings. The molecule has 0 aromatic heterocycles. The quantitative estimate of drug-likeness (QED) is 0.503. The van der Waals surface area contributed by atoms with Gasteiger partial charge in [-0.2, -0.15) is 0 Å².